The molecule has 0 radical (unpaired) electrons. The predicted octanol–water partition coefficient (Wildman–Crippen LogP) is 0.772. The fraction of sp³-hybridized carbons (Fsp3) is 0.571. The third-order valence-corrected chi connectivity index (χ3v) is 6.91. The van der Waals surface area contributed by atoms with Crippen LogP contribution in [0.15, 0.2) is 18.2 Å². The second-order valence-electron chi connectivity index (χ2n) is 9.02. The average molecular weight is 382 g/mol. The van der Waals surface area contributed by atoms with Crippen LogP contribution < -0.4 is 20.4 Å². The highest BCUT2D eigenvalue weighted by atomic mass is 16.2. The molecule has 3 fully saturated rings. The van der Waals surface area contributed by atoms with Gasteiger partial charge in [-0.15, -0.1) is 0 Å². The Morgan fingerprint density at radius 1 is 1.04 bits per heavy atom. The molecule has 0 aliphatic carbocycles. The van der Waals surface area contributed by atoms with Crippen LogP contribution in [-0.2, 0) is 19.8 Å². The minimum absolute atomic E-state index is 0.0651. The molecule has 5 rings (SSSR count). The number of carbonyl (C=O) groups is 3. The van der Waals surface area contributed by atoms with Crippen LogP contribution in [0.2, 0.25) is 0 Å². The largest absolute Gasteiger partial charge is 0.371 e. The van der Waals surface area contributed by atoms with Crippen molar-refractivity contribution >= 4 is 29.1 Å². The summed E-state index contributed by atoms with van der Waals surface area (Å²) in [5.74, 6) is 0.772. The number of hydrogen-bond acceptors (Lipinski definition) is 5. The molecule has 7 nitrogen and oxygen atoms in total. The van der Waals surface area contributed by atoms with E-state index in [0.717, 1.165) is 49.0 Å². The van der Waals surface area contributed by atoms with E-state index < -0.39 is 11.5 Å². The summed E-state index contributed by atoms with van der Waals surface area (Å²) in [6.45, 7) is 8.14. The van der Waals surface area contributed by atoms with Crippen molar-refractivity contribution in [1.82, 2.24) is 10.6 Å². The second-order valence-corrected chi connectivity index (χ2v) is 9.02. The Morgan fingerprint density at radius 2 is 1.75 bits per heavy atom. The molecule has 4 aliphatic rings. The molecule has 0 aromatic heterocycles. The van der Waals surface area contributed by atoms with E-state index >= 15 is 0 Å². The van der Waals surface area contributed by atoms with Crippen LogP contribution in [0.1, 0.15) is 32.3 Å². The van der Waals surface area contributed by atoms with Crippen LogP contribution in [0.5, 0.6) is 0 Å². The lowest BCUT2D eigenvalue weighted by Gasteiger charge is -2.49. The Balaban J connectivity index is 1.48. The first-order valence-electron chi connectivity index (χ1n) is 10.1. The molecule has 1 unspecified atom stereocenters. The lowest BCUT2D eigenvalue weighted by Crippen LogP contribution is -2.58. The van der Waals surface area contributed by atoms with Crippen LogP contribution in [0, 0.1) is 11.8 Å². The molecule has 1 atom stereocenters. The summed E-state index contributed by atoms with van der Waals surface area (Å²) in [6, 6.07) is 5.38. The normalized spacial score (nSPS) is 27.4. The quantitative estimate of drug-likeness (QED) is 0.755. The topological polar surface area (TPSA) is 81.8 Å². The van der Waals surface area contributed by atoms with Gasteiger partial charge in [-0.05, 0) is 57.3 Å². The lowest BCUT2D eigenvalue weighted by molar-refractivity contribution is -0.136. The van der Waals surface area contributed by atoms with E-state index in [1.807, 2.05) is 26.0 Å². The van der Waals surface area contributed by atoms with Crippen LogP contribution in [0.4, 0.5) is 11.4 Å². The van der Waals surface area contributed by atoms with E-state index in [0.29, 0.717) is 12.3 Å². The van der Waals surface area contributed by atoms with E-state index in [1.165, 1.54) is 0 Å². The molecule has 1 aromatic rings. The number of benzene rings is 1. The Bertz CT molecular complexity index is 870. The van der Waals surface area contributed by atoms with Crippen molar-refractivity contribution in [3.05, 3.63) is 23.8 Å². The molecule has 0 bridgehead atoms. The van der Waals surface area contributed by atoms with Gasteiger partial charge in [0.1, 0.15) is 6.04 Å². The molecular formula is C21H26N4O3. The molecule has 148 valence electrons. The Labute approximate surface area is 164 Å². The van der Waals surface area contributed by atoms with Gasteiger partial charge >= 0.3 is 0 Å². The summed E-state index contributed by atoms with van der Waals surface area (Å²) in [5, 5.41) is 5.73. The van der Waals surface area contributed by atoms with Crippen molar-refractivity contribution in [2.24, 2.45) is 11.8 Å². The minimum Gasteiger partial charge on any atom is -0.371 e. The van der Waals surface area contributed by atoms with E-state index in [9.17, 15) is 14.4 Å². The van der Waals surface area contributed by atoms with E-state index in [1.54, 1.807) is 4.90 Å². The maximum absolute atomic E-state index is 13.4. The maximum Gasteiger partial charge on any atom is 0.249 e. The highest BCUT2D eigenvalue weighted by Gasteiger charge is 2.51. The standard InChI is InChI=1S/C21H26N4O3/c1-21(2)18-14(24-10-13(11-24)12-8-22-9-12)4-3-5-15(18)25(20(21)28)16-6-7-17(26)23-19(16)27/h3-5,12-13,16,22H,6-11H2,1-2H3,(H,23,26,27). The minimum atomic E-state index is -0.698. The highest BCUT2D eigenvalue weighted by molar-refractivity contribution is 6.14. The number of rotatable bonds is 3. The van der Waals surface area contributed by atoms with Gasteiger partial charge in [0.05, 0.1) is 11.1 Å². The van der Waals surface area contributed by atoms with Gasteiger partial charge in [-0.2, -0.15) is 0 Å². The third kappa shape index (κ3) is 2.42. The number of piperidine rings is 1. The maximum atomic E-state index is 13.4. The van der Waals surface area contributed by atoms with Crippen LogP contribution >= 0.6 is 0 Å². The molecule has 1 aromatic carbocycles. The Hall–Kier alpha value is -2.41. The van der Waals surface area contributed by atoms with Crippen molar-refractivity contribution in [3.63, 3.8) is 0 Å². The van der Waals surface area contributed by atoms with Gasteiger partial charge in [-0.1, -0.05) is 6.07 Å². The first kappa shape index (κ1) is 17.7. The molecule has 28 heavy (non-hydrogen) atoms. The molecule has 0 saturated carbocycles. The molecule has 0 spiro atoms. The fourth-order valence-electron chi connectivity index (χ4n) is 5.04. The number of amides is 3. The first-order chi connectivity index (χ1) is 13.4. The van der Waals surface area contributed by atoms with Gasteiger partial charge in [0.15, 0.2) is 0 Å². The van der Waals surface area contributed by atoms with Crippen LogP contribution in [0.3, 0.4) is 0 Å². The highest BCUT2D eigenvalue weighted by Crippen LogP contribution is 2.49. The van der Waals surface area contributed by atoms with Gasteiger partial charge < -0.3 is 10.2 Å². The van der Waals surface area contributed by atoms with Gasteiger partial charge in [0, 0.05) is 30.8 Å². The van der Waals surface area contributed by atoms with Crippen LogP contribution in [0.25, 0.3) is 0 Å². The predicted molar refractivity (Wildman–Crippen MR) is 105 cm³/mol. The number of imide groups is 1. The summed E-state index contributed by atoms with van der Waals surface area (Å²) in [6.07, 6.45) is 0.634. The number of nitrogens with zero attached hydrogens (tertiary/aromatic N) is 2. The Morgan fingerprint density at radius 3 is 2.39 bits per heavy atom. The molecule has 3 saturated heterocycles. The zero-order valence-corrected chi connectivity index (χ0v) is 16.3. The van der Waals surface area contributed by atoms with E-state index in [-0.39, 0.29) is 24.1 Å². The summed E-state index contributed by atoms with van der Waals surface area (Å²) in [5.41, 5.74) is 2.23. The van der Waals surface area contributed by atoms with E-state index in [4.69, 9.17) is 0 Å². The molecular weight excluding hydrogens is 356 g/mol. The van der Waals surface area contributed by atoms with Crippen LogP contribution in [-0.4, -0.2) is 49.9 Å². The number of carbonyl (C=O) groups excluding carboxylic acids is 3. The number of hydrogen-bond donors (Lipinski definition) is 2. The SMILES string of the molecule is CC1(C)C(=O)N(C2CCC(=O)NC2=O)c2cccc(N3CC(C4CNC4)C3)c21. The monoisotopic (exact) mass is 382 g/mol. The van der Waals surface area contributed by atoms with Crippen molar-refractivity contribution < 1.29 is 14.4 Å². The lowest BCUT2D eigenvalue weighted by atomic mass is 9.79. The number of fused-ring (bicyclic) bond motifs is 1. The summed E-state index contributed by atoms with van der Waals surface area (Å²) >= 11 is 0. The van der Waals surface area contributed by atoms with Crippen molar-refractivity contribution in [2.75, 3.05) is 36.0 Å². The molecule has 7 heteroatoms. The third-order valence-electron chi connectivity index (χ3n) is 6.91. The summed E-state index contributed by atoms with van der Waals surface area (Å²) in [4.78, 5) is 41.4. The molecule has 4 aliphatic heterocycles. The summed E-state index contributed by atoms with van der Waals surface area (Å²) < 4.78 is 0. The first-order valence-corrected chi connectivity index (χ1v) is 10.1. The smallest absolute Gasteiger partial charge is 0.249 e. The Kier molecular flexibility index (Phi) is 3.81. The molecule has 3 amide bonds. The number of nitrogens with one attached hydrogen (secondary N) is 2. The molecule has 4 heterocycles. The summed E-state index contributed by atoms with van der Waals surface area (Å²) in [7, 11) is 0. The van der Waals surface area contributed by atoms with E-state index in [2.05, 4.69) is 21.6 Å². The van der Waals surface area contributed by atoms with Crippen molar-refractivity contribution in [3.8, 4) is 0 Å². The number of anilines is 2. The van der Waals surface area contributed by atoms with Gasteiger partial charge in [0.25, 0.3) is 0 Å². The van der Waals surface area contributed by atoms with Crippen molar-refractivity contribution in [2.45, 2.75) is 38.1 Å². The average Bonchev–Trinajstić information content (AvgIpc) is 2.77. The van der Waals surface area contributed by atoms with Gasteiger partial charge in [-0.25, -0.2) is 0 Å². The zero-order chi connectivity index (χ0) is 19.6. The fourth-order valence-corrected chi connectivity index (χ4v) is 5.04. The second kappa shape index (κ2) is 6.04. The van der Waals surface area contributed by atoms with Gasteiger partial charge in [-0.3, -0.25) is 24.6 Å². The van der Waals surface area contributed by atoms with Crippen molar-refractivity contribution in [1.29, 1.82) is 0 Å². The molecule has 2 N–H and O–H groups in total. The zero-order valence-electron chi connectivity index (χ0n) is 16.3. The van der Waals surface area contributed by atoms with Gasteiger partial charge in [0.2, 0.25) is 17.7 Å².